The molecule has 1 fully saturated rings. The minimum Gasteiger partial charge on any atom is -0.385 e. The molecule has 7 nitrogen and oxygen atoms in total. The molecule has 0 atom stereocenters. The Morgan fingerprint density at radius 3 is 2.59 bits per heavy atom. The van der Waals surface area contributed by atoms with Crippen molar-refractivity contribution in [2.45, 2.75) is 71.4 Å². The van der Waals surface area contributed by atoms with Crippen molar-refractivity contribution in [3.63, 3.8) is 0 Å². The predicted molar refractivity (Wildman–Crippen MR) is 121 cm³/mol. The van der Waals surface area contributed by atoms with E-state index in [4.69, 9.17) is 9.73 Å². The summed E-state index contributed by atoms with van der Waals surface area (Å²) in [5.41, 5.74) is 0. The molecule has 0 spiro atoms. The molecule has 2 N–H and O–H groups in total. The monoisotopic (exact) mass is 492 g/mol. The van der Waals surface area contributed by atoms with Crippen LogP contribution in [0, 0.1) is 12.8 Å². The van der Waals surface area contributed by atoms with Crippen molar-refractivity contribution in [1.82, 2.24) is 25.4 Å². The van der Waals surface area contributed by atoms with Gasteiger partial charge in [-0.3, -0.25) is 0 Å². The van der Waals surface area contributed by atoms with E-state index in [0.717, 1.165) is 43.1 Å². The second-order valence-corrected chi connectivity index (χ2v) is 7.31. The smallest absolute Gasteiger partial charge is 0.191 e. The third-order valence-corrected chi connectivity index (χ3v) is 5.26. The van der Waals surface area contributed by atoms with E-state index in [2.05, 4.69) is 27.8 Å². The number of methoxy groups -OCH3 is 1. The summed E-state index contributed by atoms with van der Waals surface area (Å²) in [6, 6.07) is 0.512. The summed E-state index contributed by atoms with van der Waals surface area (Å²) >= 11 is 0. The van der Waals surface area contributed by atoms with Crippen LogP contribution in [-0.4, -0.2) is 47.0 Å². The average molecular weight is 492 g/mol. The van der Waals surface area contributed by atoms with Crippen LogP contribution >= 0.6 is 24.0 Å². The van der Waals surface area contributed by atoms with Crippen LogP contribution in [-0.2, 0) is 18.3 Å². The summed E-state index contributed by atoms with van der Waals surface area (Å²) in [5, 5.41) is 15.4. The number of hydrogen-bond donors (Lipinski definition) is 2. The van der Waals surface area contributed by atoms with Gasteiger partial charge < -0.3 is 19.9 Å². The Hall–Kier alpha value is -0.900. The molecule has 27 heavy (non-hydrogen) atoms. The van der Waals surface area contributed by atoms with E-state index in [-0.39, 0.29) is 24.0 Å². The van der Waals surface area contributed by atoms with Gasteiger partial charge in [-0.15, -0.1) is 34.2 Å². The van der Waals surface area contributed by atoms with Crippen LogP contribution in [0.25, 0.3) is 0 Å². The first-order valence-corrected chi connectivity index (χ1v) is 10.0. The van der Waals surface area contributed by atoms with E-state index < -0.39 is 0 Å². The predicted octanol–water partition coefficient (Wildman–Crippen LogP) is 3.17. The lowest BCUT2D eigenvalue weighted by Gasteiger charge is -2.30. The Kier molecular flexibility index (Phi) is 11.9. The Bertz CT molecular complexity index is 554. The topological polar surface area (TPSA) is 76.4 Å². The van der Waals surface area contributed by atoms with Gasteiger partial charge in [0.05, 0.1) is 0 Å². The zero-order chi connectivity index (χ0) is 18.8. The molecule has 0 amide bonds. The van der Waals surface area contributed by atoms with Gasteiger partial charge in [-0.25, -0.2) is 4.99 Å². The number of nitrogens with zero attached hydrogens (tertiary/aromatic N) is 4. The summed E-state index contributed by atoms with van der Waals surface area (Å²) in [6.07, 6.45) is 8.74. The number of aryl methyl sites for hydroxylation is 1. The molecule has 0 bridgehead atoms. The molecule has 0 aromatic carbocycles. The van der Waals surface area contributed by atoms with Crippen LogP contribution in [0.2, 0.25) is 0 Å². The SMILES string of the molecule is CCCC1CCC(NC(=NCc2nnc(C)n2C)NCCCOC)CC1.I. The maximum atomic E-state index is 5.13. The van der Waals surface area contributed by atoms with Gasteiger partial charge in [-0.2, -0.15) is 0 Å². The summed E-state index contributed by atoms with van der Waals surface area (Å²) in [7, 11) is 3.71. The number of rotatable bonds is 9. The lowest BCUT2D eigenvalue weighted by atomic mass is 9.83. The van der Waals surface area contributed by atoms with Crippen molar-refractivity contribution < 1.29 is 4.74 Å². The molecule has 156 valence electrons. The standard InChI is InChI=1S/C19H36N6O.HI/c1-5-7-16-8-10-17(11-9-16)22-19(20-12-6-13-26-4)21-14-18-24-23-15(2)25(18)3;/h16-17H,5-14H2,1-4H3,(H2,20,21,22);1H. The second-order valence-electron chi connectivity index (χ2n) is 7.31. The van der Waals surface area contributed by atoms with Crippen molar-refractivity contribution in [2.24, 2.45) is 18.0 Å². The largest absolute Gasteiger partial charge is 0.385 e. The Labute approximate surface area is 181 Å². The molecule has 0 radical (unpaired) electrons. The Balaban J connectivity index is 0.00000364. The number of nitrogens with one attached hydrogen (secondary N) is 2. The number of ether oxygens (including phenoxy) is 1. The van der Waals surface area contributed by atoms with Gasteiger partial charge in [0, 0.05) is 33.4 Å². The first-order valence-electron chi connectivity index (χ1n) is 10.0. The Morgan fingerprint density at radius 1 is 1.26 bits per heavy atom. The summed E-state index contributed by atoms with van der Waals surface area (Å²) in [4.78, 5) is 4.75. The summed E-state index contributed by atoms with van der Waals surface area (Å²) in [5.74, 6) is 3.58. The van der Waals surface area contributed by atoms with Crippen molar-refractivity contribution in [1.29, 1.82) is 0 Å². The molecule has 1 aliphatic carbocycles. The summed E-state index contributed by atoms with van der Waals surface area (Å²) < 4.78 is 7.12. The lowest BCUT2D eigenvalue weighted by Crippen LogP contribution is -2.45. The number of aromatic nitrogens is 3. The molecule has 0 aliphatic heterocycles. The van der Waals surface area contributed by atoms with E-state index in [1.807, 2.05) is 18.5 Å². The van der Waals surface area contributed by atoms with Crippen molar-refractivity contribution in [3.8, 4) is 0 Å². The molecule has 2 rings (SSSR count). The highest BCUT2D eigenvalue weighted by Crippen LogP contribution is 2.27. The fourth-order valence-corrected chi connectivity index (χ4v) is 3.51. The number of aliphatic imine (C=N–C) groups is 1. The molecule has 8 heteroatoms. The zero-order valence-electron chi connectivity index (χ0n) is 17.3. The molecule has 0 unspecified atom stereocenters. The van der Waals surface area contributed by atoms with Crippen molar-refractivity contribution >= 4 is 29.9 Å². The van der Waals surface area contributed by atoms with E-state index >= 15 is 0 Å². The molecule has 1 saturated carbocycles. The average Bonchev–Trinajstić information content (AvgIpc) is 2.97. The normalized spacial score (nSPS) is 20.2. The third kappa shape index (κ3) is 8.33. The molecule has 1 aliphatic rings. The van der Waals surface area contributed by atoms with Gasteiger partial charge in [0.25, 0.3) is 0 Å². The number of guanidine groups is 1. The van der Waals surface area contributed by atoms with Crippen LogP contribution in [0.1, 0.15) is 63.5 Å². The minimum atomic E-state index is 0. The van der Waals surface area contributed by atoms with E-state index in [0.29, 0.717) is 12.6 Å². The first kappa shape index (κ1) is 24.1. The molecule has 1 aromatic heterocycles. The maximum absolute atomic E-state index is 5.13. The van der Waals surface area contributed by atoms with E-state index in [1.165, 1.54) is 38.5 Å². The molecule has 0 saturated heterocycles. The highest BCUT2D eigenvalue weighted by molar-refractivity contribution is 14.0. The lowest BCUT2D eigenvalue weighted by molar-refractivity contribution is 0.195. The molecular weight excluding hydrogens is 455 g/mol. The van der Waals surface area contributed by atoms with Gasteiger partial charge in [0.2, 0.25) is 0 Å². The fourth-order valence-electron chi connectivity index (χ4n) is 3.51. The minimum absolute atomic E-state index is 0. The van der Waals surface area contributed by atoms with Crippen LogP contribution in [0.5, 0.6) is 0 Å². The van der Waals surface area contributed by atoms with Crippen LogP contribution in [0.3, 0.4) is 0 Å². The van der Waals surface area contributed by atoms with Crippen LogP contribution in [0.15, 0.2) is 4.99 Å². The van der Waals surface area contributed by atoms with Gasteiger partial charge in [-0.1, -0.05) is 19.8 Å². The van der Waals surface area contributed by atoms with Crippen LogP contribution < -0.4 is 10.6 Å². The van der Waals surface area contributed by atoms with Crippen LogP contribution in [0.4, 0.5) is 0 Å². The molecule has 1 heterocycles. The second kappa shape index (κ2) is 13.3. The third-order valence-electron chi connectivity index (χ3n) is 5.26. The Morgan fingerprint density at radius 2 is 2.00 bits per heavy atom. The molecular formula is C19H37IN6O. The van der Waals surface area contributed by atoms with E-state index in [9.17, 15) is 0 Å². The van der Waals surface area contributed by atoms with Crippen molar-refractivity contribution in [2.75, 3.05) is 20.3 Å². The maximum Gasteiger partial charge on any atom is 0.191 e. The fraction of sp³-hybridized carbons (Fsp3) is 0.842. The van der Waals surface area contributed by atoms with Crippen molar-refractivity contribution in [3.05, 3.63) is 11.6 Å². The summed E-state index contributed by atoms with van der Waals surface area (Å²) in [6.45, 7) is 6.38. The highest BCUT2D eigenvalue weighted by Gasteiger charge is 2.21. The first-order chi connectivity index (χ1) is 12.6. The van der Waals surface area contributed by atoms with Gasteiger partial charge in [-0.05, 0) is 44.9 Å². The molecule has 1 aromatic rings. The number of hydrogen-bond acceptors (Lipinski definition) is 4. The highest BCUT2D eigenvalue weighted by atomic mass is 127. The quantitative estimate of drug-likeness (QED) is 0.240. The zero-order valence-corrected chi connectivity index (χ0v) is 19.7. The van der Waals surface area contributed by atoms with Gasteiger partial charge >= 0.3 is 0 Å². The van der Waals surface area contributed by atoms with Gasteiger partial charge in [0.1, 0.15) is 12.4 Å². The van der Waals surface area contributed by atoms with E-state index in [1.54, 1.807) is 7.11 Å². The van der Waals surface area contributed by atoms with Gasteiger partial charge in [0.15, 0.2) is 11.8 Å². The number of halogens is 1.